The normalized spacial score (nSPS) is 14.6. The lowest BCUT2D eigenvalue weighted by molar-refractivity contribution is -0.144. The SMILES string of the molecule is CC(C)CCC(CCCOC(=O)CCCCCCCC(CCCCCCCC=O)CCCN1CCCC1)C(C)C.COCCCC(CCC(C)C)C(C)C.O=CO. The van der Waals surface area contributed by atoms with Crippen molar-refractivity contribution in [2.24, 2.45) is 41.4 Å². The summed E-state index contributed by atoms with van der Waals surface area (Å²) < 4.78 is 10.6. The Morgan fingerprint density at radius 1 is 0.579 bits per heavy atom. The minimum atomic E-state index is -0.250. The molecule has 1 heterocycles. The van der Waals surface area contributed by atoms with E-state index >= 15 is 0 Å². The van der Waals surface area contributed by atoms with Gasteiger partial charge in [-0.15, -0.1) is 0 Å². The Hall–Kier alpha value is -1.47. The summed E-state index contributed by atoms with van der Waals surface area (Å²) in [7, 11) is 1.79. The van der Waals surface area contributed by atoms with Crippen LogP contribution in [-0.4, -0.2) is 68.7 Å². The number of carbonyl (C=O) groups excluding carboxylic acids is 2. The van der Waals surface area contributed by atoms with Gasteiger partial charge in [0.05, 0.1) is 6.61 Å². The number of carboxylic acid groups (broad SMARTS) is 1. The van der Waals surface area contributed by atoms with Crippen LogP contribution in [0.5, 0.6) is 0 Å². The summed E-state index contributed by atoms with van der Waals surface area (Å²) in [5.74, 6) is 5.69. The summed E-state index contributed by atoms with van der Waals surface area (Å²) in [5.41, 5.74) is 0. The summed E-state index contributed by atoms with van der Waals surface area (Å²) in [6.07, 6.45) is 33.0. The third kappa shape index (κ3) is 41.1. The molecule has 0 aromatic rings. The van der Waals surface area contributed by atoms with Crippen molar-refractivity contribution in [2.45, 2.75) is 222 Å². The van der Waals surface area contributed by atoms with Crippen LogP contribution < -0.4 is 0 Å². The lowest BCUT2D eigenvalue weighted by atomic mass is 9.85. The van der Waals surface area contributed by atoms with Crippen molar-refractivity contribution in [3.8, 4) is 0 Å². The van der Waals surface area contributed by atoms with E-state index in [-0.39, 0.29) is 12.4 Å². The number of aldehydes is 1. The van der Waals surface area contributed by atoms with Crippen LogP contribution in [0.4, 0.5) is 0 Å². The topological polar surface area (TPSA) is 93.1 Å². The predicted octanol–water partition coefficient (Wildman–Crippen LogP) is 14.0. The molecule has 0 saturated carbocycles. The van der Waals surface area contributed by atoms with Gasteiger partial charge >= 0.3 is 5.97 Å². The maximum atomic E-state index is 12.2. The Balaban J connectivity index is 0. The van der Waals surface area contributed by atoms with Gasteiger partial charge < -0.3 is 24.3 Å². The number of ether oxygens (including phenoxy) is 2. The fourth-order valence-electron chi connectivity index (χ4n) is 8.28. The van der Waals surface area contributed by atoms with E-state index in [9.17, 15) is 9.59 Å². The number of methoxy groups -OCH3 is 1. The average molecular weight is 810 g/mol. The summed E-state index contributed by atoms with van der Waals surface area (Å²) in [5, 5.41) is 6.89. The second-order valence-electron chi connectivity index (χ2n) is 18.9. The van der Waals surface area contributed by atoms with Gasteiger partial charge in [-0.05, 0) is 138 Å². The summed E-state index contributed by atoms with van der Waals surface area (Å²) in [6.45, 7) is 23.8. The molecule has 0 amide bonds. The maximum absolute atomic E-state index is 12.2. The first-order chi connectivity index (χ1) is 27.4. The van der Waals surface area contributed by atoms with E-state index in [1.165, 1.54) is 148 Å². The fourth-order valence-corrected chi connectivity index (χ4v) is 8.28. The molecule has 1 aliphatic heterocycles. The van der Waals surface area contributed by atoms with Gasteiger partial charge in [0.2, 0.25) is 0 Å². The van der Waals surface area contributed by atoms with Crippen molar-refractivity contribution in [3.63, 3.8) is 0 Å². The Labute approximate surface area is 355 Å². The zero-order valence-corrected chi connectivity index (χ0v) is 39.6. The van der Waals surface area contributed by atoms with E-state index < -0.39 is 0 Å². The van der Waals surface area contributed by atoms with E-state index in [1.54, 1.807) is 7.11 Å². The standard InChI is InChI=1S/C36H69NO3.C13H28O.CH2O2/c1-32(2)25-26-35(33(3)4)23-19-31-40-36(39)24-14-10-7-9-13-21-34(20-12-8-5-6-11-17-30-38)22-18-29-37-27-15-16-28-37;1-11(2)8-9-13(12(3)4)7-6-10-14-5;2-1-3/h30,32-35H,5-29,31H2,1-4H3;11-13H,6-10H2,1-5H3;1H,(H,2,3). The molecule has 0 aromatic carbocycles. The van der Waals surface area contributed by atoms with Crippen LogP contribution >= 0.6 is 0 Å². The van der Waals surface area contributed by atoms with E-state index in [1.807, 2.05) is 0 Å². The molecule has 0 spiro atoms. The van der Waals surface area contributed by atoms with Crippen LogP contribution in [0.1, 0.15) is 222 Å². The van der Waals surface area contributed by atoms with Crippen LogP contribution in [-0.2, 0) is 23.9 Å². The van der Waals surface area contributed by atoms with E-state index in [0.717, 1.165) is 80.5 Å². The zero-order chi connectivity index (χ0) is 42.9. The molecular formula is C50H99NO6. The molecule has 1 aliphatic rings. The molecule has 0 bridgehead atoms. The van der Waals surface area contributed by atoms with Gasteiger partial charge in [-0.25, -0.2) is 0 Å². The van der Waals surface area contributed by atoms with Gasteiger partial charge in [-0.1, -0.05) is 132 Å². The molecule has 3 atom stereocenters. The zero-order valence-electron chi connectivity index (χ0n) is 39.6. The second kappa shape index (κ2) is 42.6. The average Bonchev–Trinajstić information content (AvgIpc) is 3.68. The Bertz CT molecular complexity index is 856. The molecule has 1 saturated heterocycles. The smallest absolute Gasteiger partial charge is 0.305 e. The third-order valence-corrected chi connectivity index (χ3v) is 12.2. The summed E-state index contributed by atoms with van der Waals surface area (Å²) >= 11 is 0. The molecule has 57 heavy (non-hydrogen) atoms. The van der Waals surface area contributed by atoms with Crippen LogP contribution in [0.25, 0.3) is 0 Å². The van der Waals surface area contributed by atoms with Gasteiger partial charge in [0.25, 0.3) is 6.47 Å². The van der Waals surface area contributed by atoms with Crippen molar-refractivity contribution >= 4 is 18.7 Å². The Morgan fingerprint density at radius 2 is 1.04 bits per heavy atom. The monoisotopic (exact) mass is 810 g/mol. The number of rotatable bonds is 36. The number of carbonyl (C=O) groups is 3. The van der Waals surface area contributed by atoms with Crippen molar-refractivity contribution in [1.29, 1.82) is 0 Å². The number of esters is 1. The summed E-state index contributed by atoms with van der Waals surface area (Å²) in [6, 6.07) is 0. The molecule has 7 heteroatoms. The molecule has 1 fully saturated rings. The molecule has 0 radical (unpaired) electrons. The third-order valence-electron chi connectivity index (χ3n) is 12.2. The van der Waals surface area contributed by atoms with Crippen LogP contribution in [0, 0.1) is 41.4 Å². The molecule has 0 aliphatic carbocycles. The van der Waals surface area contributed by atoms with Crippen molar-refractivity contribution in [3.05, 3.63) is 0 Å². The highest BCUT2D eigenvalue weighted by molar-refractivity contribution is 5.69. The van der Waals surface area contributed by atoms with Gasteiger partial charge in [0.15, 0.2) is 0 Å². The highest BCUT2D eigenvalue weighted by Gasteiger charge is 2.16. The fraction of sp³-hybridized carbons (Fsp3) is 0.940. The van der Waals surface area contributed by atoms with Gasteiger partial charge in [-0.2, -0.15) is 0 Å². The number of likely N-dealkylation sites (tertiary alicyclic amines) is 1. The lowest BCUT2D eigenvalue weighted by Crippen LogP contribution is -2.21. The number of nitrogens with zero attached hydrogens (tertiary/aromatic N) is 1. The number of hydrogen-bond donors (Lipinski definition) is 1. The highest BCUT2D eigenvalue weighted by Crippen LogP contribution is 2.27. The maximum Gasteiger partial charge on any atom is 0.305 e. The quantitative estimate of drug-likeness (QED) is 0.0383. The van der Waals surface area contributed by atoms with Crippen LogP contribution in [0.2, 0.25) is 0 Å². The van der Waals surface area contributed by atoms with Crippen molar-refractivity contribution in [2.75, 3.05) is 40.0 Å². The Morgan fingerprint density at radius 3 is 1.51 bits per heavy atom. The van der Waals surface area contributed by atoms with E-state index in [2.05, 4.69) is 60.3 Å². The largest absolute Gasteiger partial charge is 0.483 e. The molecule has 7 nitrogen and oxygen atoms in total. The van der Waals surface area contributed by atoms with Crippen LogP contribution in [0.15, 0.2) is 0 Å². The first kappa shape index (κ1) is 57.6. The summed E-state index contributed by atoms with van der Waals surface area (Å²) in [4.78, 5) is 33.7. The van der Waals surface area contributed by atoms with Gasteiger partial charge in [0.1, 0.15) is 6.29 Å². The molecule has 0 aromatic heterocycles. The van der Waals surface area contributed by atoms with E-state index in [0.29, 0.717) is 18.9 Å². The number of hydrogen-bond acceptors (Lipinski definition) is 6. The first-order valence-corrected chi connectivity index (χ1v) is 24.3. The minimum absolute atomic E-state index is 0.00695. The minimum Gasteiger partial charge on any atom is -0.483 e. The van der Waals surface area contributed by atoms with Gasteiger partial charge in [0, 0.05) is 26.6 Å². The predicted molar refractivity (Wildman–Crippen MR) is 244 cm³/mol. The molecular weight excluding hydrogens is 711 g/mol. The highest BCUT2D eigenvalue weighted by atomic mass is 16.5. The second-order valence-corrected chi connectivity index (χ2v) is 18.9. The molecule has 3 unspecified atom stereocenters. The van der Waals surface area contributed by atoms with Gasteiger partial charge in [-0.3, -0.25) is 9.59 Å². The van der Waals surface area contributed by atoms with E-state index in [4.69, 9.17) is 19.4 Å². The van der Waals surface area contributed by atoms with Crippen LogP contribution in [0.3, 0.4) is 0 Å². The molecule has 340 valence electrons. The lowest BCUT2D eigenvalue weighted by Gasteiger charge is -2.21. The number of unbranched alkanes of at least 4 members (excludes halogenated alkanes) is 9. The molecule has 1 rings (SSSR count). The first-order valence-electron chi connectivity index (χ1n) is 24.3. The molecule has 1 N–H and O–H groups in total. The van der Waals surface area contributed by atoms with Crippen molar-refractivity contribution < 1.29 is 29.0 Å². The Kier molecular flexibility index (Phi) is 43.1. The van der Waals surface area contributed by atoms with Crippen molar-refractivity contribution in [1.82, 2.24) is 4.90 Å².